The van der Waals surface area contributed by atoms with E-state index in [-0.39, 0.29) is 29.7 Å². The molecule has 47 heavy (non-hydrogen) atoms. The van der Waals surface area contributed by atoms with Crippen molar-refractivity contribution in [1.29, 1.82) is 0 Å². The molecule has 0 saturated carbocycles. The van der Waals surface area contributed by atoms with Crippen LogP contribution in [-0.2, 0) is 4.79 Å². The number of hydrogen-bond donors (Lipinski definition) is 1. The van der Waals surface area contributed by atoms with Crippen LogP contribution in [0.4, 0.5) is 5.69 Å². The van der Waals surface area contributed by atoms with Gasteiger partial charge in [-0.2, -0.15) is 9.78 Å². The van der Waals surface area contributed by atoms with Crippen molar-refractivity contribution in [1.82, 2.24) is 9.66 Å². The molecule has 9 nitrogen and oxygen atoms in total. The van der Waals surface area contributed by atoms with Crippen LogP contribution < -0.4 is 25.1 Å². The van der Waals surface area contributed by atoms with Crippen LogP contribution in [0.25, 0.3) is 22.3 Å². The van der Waals surface area contributed by atoms with Crippen LogP contribution in [0, 0.1) is 6.92 Å². The number of benzene rings is 4. The molecule has 0 radical (unpaired) electrons. The third kappa shape index (κ3) is 7.66. The molecule has 0 atom stereocenters. The van der Waals surface area contributed by atoms with Gasteiger partial charge < -0.3 is 19.5 Å². The number of aryl methyl sites for hydroxylation is 1. The first-order valence-electron chi connectivity index (χ1n) is 15.0. The number of nitrogens with one attached hydrogen (secondary N) is 1. The molecule has 1 aromatic heterocycles. The Labute approximate surface area is 286 Å². The smallest absolute Gasteiger partial charge is 0.282 e. The van der Waals surface area contributed by atoms with Gasteiger partial charge in [-0.15, -0.1) is 0 Å². The standard InChI is InChI=1S/C36H34BrClN4O5/c1-6-46-31-15-22(4)29(18-28(31)21(2)3)35-41-30-10-8-7-9-27(30)36(44)42(35)39-19-23-16-24(37)17-32(45-5)34(23)47-20-33(43)40-26-13-11-25(38)12-14-26/h7-19,21H,6,20H2,1-5H3,(H,40,43). The van der Waals surface area contributed by atoms with Gasteiger partial charge in [-0.3, -0.25) is 9.59 Å². The van der Waals surface area contributed by atoms with Crippen LogP contribution in [0.1, 0.15) is 43.4 Å². The summed E-state index contributed by atoms with van der Waals surface area (Å²) in [6.07, 6.45) is 1.49. The van der Waals surface area contributed by atoms with Crippen molar-refractivity contribution in [3.8, 4) is 28.6 Å². The first-order valence-corrected chi connectivity index (χ1v) is 16.2. The number of aromatic nitrogens is 2. The fourth-order valence-electron chi connectivity index (χ4n) is 5.05. The maximum absolute atomic E-state index is 14.0. The summed E-state index contributed by atoms with van der Waals surface area (Å²) < 4.78 is 19.5. The number of ether oxygens (including phenoxy) is 3. The second kappa shape index (κ2) is 14.8. The van der Waals surface area contributed by atoms with Gasteiger partial charge in [0.15, 0.2) is 23.9 Å². The first kappa shape index (κ1) is 33.7. The maximum Gasteiger partial charge on any atom is 0.282 e. The molecule has 0 aliphatic rings. The average molecular weight is 718 g/mol. The van der Waals surface area contributed by atoms with Crippen LogP contribution in [0.5, 0.6) is 17.2 Å². The third-order valence-electron chi connectivity index (χ3n) is 7.33. The molecule has 0 aliphatic heterocycles. The number of halogens is 2. The van der Waals surface area contributed by atoms with Gasteiger partial charge in [0.05, 0.1) is 30.8 Å². The van der Waals surface area contributed by atoms with Gasteiger partial charge >= 0.3 is 0 Å². The van der Waals surface area contributed by atoms with Crippen LogP contribution in [0.15, 0.2) is 87.2 Å². The summed E-state index contributed by atoms with van der Waals surface area (Å²) in [4.78, 5) is 31.7. The zero-order valence-corrected chi connectivity index (χ0v) is 29.0. The van der Waals surface area contributed by atoms with Crippen molar-refractivity contribution < 1.29 is 19.0 Å². The summed E-state index contributed by atoms with van der Waals surface area (Å²) in [5.41, 5.74) is 3.88. The highest BCUT2D eigenvalue weighted by Gasteiger charge is 2.20. The van der Waals surface area contributed by atoms with Gasteiger partial charge in [0, 0.05) is 26.3 Å². The molecule has 0 unspecified atom stereocenters. The molecule has 4 aromatic carbocycles. The Kier molecular flexibility index (Phi) is 10.6. The number of methoxy groups -OCH3 is 1. The molecular weight excluding hydrogens is 684 g/mol. The SMILES string of the molecule is CCOc1cc(C)c(-c2nc3ccccc3c(=O)n2N=Cc2cc(Br)cc(OC)c2OCC(=O)Nc2ccc(Cl)cc2)cc1C(C)C. The molecule has 1 amide bonds. The van der Waals surface area contributed by atoms with Gasteiger partial charge in [-0.25, -0.2) is 4.98 Å². The molecule has 0 saturated heterocycles. The minimum Gasteiger partial charge on any atom is -0.494 e. The zero-order chi connectivity index (χ0) is 33.7. The van der Waals surface area contributed by atoms with E-state index in [9.17, 15) is 9.59 Å². The summed E-state index contributed by atoms with van der Waals surface area (Å²) in [5, 5.41) is 8.43. The highest BCUT2D eigenvalue weighted by Crippen LogP contribution is 2.36. The van der Waals surface area contributed by atoms with Crippen LogP contribution in [-0.4, -0.2) is 42.1 Å². The van der Waals surface area contributed by atoms with E-state index in [2.05, 4.69) is 40.2 Å². The molecule has 0 aliphatic carbocycles. The van der Waals surface area contributed by atoms with E-state index >= 15 is 0 Å². The van der Waals surface area contributed by atoms with E-state index in [1.807, 2.05) is 38.1 Å². The molecule has 5 aromatic rings. The minimum absolute atomic E-state index is 0.158. The van der Waals surface area contributed by atoms with E-state index in [4.69, 9.17) is 30.8 Å². The Morgan fingerprint density at radius 2 is 1.81 bits per heavy atom. The van der Waals surface area contributed by atoms with Gasteiger partial charge in [0.2, 0.25) is 0 Å². The molecule has 0 bridgehead atoms. The van der Waals surface area contributed by atoms with Crippen LogP contribution in [0.3, 0.4) is 0 Å². The highest BCUT2D eigenvalue weighted by atomic mass is 79.9. The second-order valence-electron chi connectivity index (χ2n) is 11.0. The van der Waals surface area contributed by atoms with Crippen LogP contribution >= 0.6 is 27.5 Å². The normalized spacial score (nSPS) is 11.3. The van der Waals surface area contributed by atoms with Crippen molar-refractivity contribution >= 4 is 56.2 Å². The lowest BCUT2D eigenvalue weighted by atomic mass is 9.96. The quantitative estimate of drug-likeness (QED) is 0.138. The van der Waals surface area contributed by atoms with E-state index in [0.717, 1.165) is 22.4 Å². The lowest BCUT2D eigenvalue weighted by Crippen LogP contribution is -2.21. The lowest BCUT2D eigenvalue weighted by molar-refractivity contribution is -0.118. The van der Waals surface area contributed by atoms with Gasteiger partial charge in [0.1, 0.15) is 5.75 Å². The average Bonchev–Trinajstić information content (AvgIpc) is 3.04. The van der Waals surface area contributed by atoms with Gasteiger partial charge in [0.25, 0.3) is 11.5 Å². The van der Waals surface area contributed by atoms with Crippen molar-refractivity contribution in [2.75, 3.05) is 25.6 Å². The fraction of sp³-hybridized carbons (Fsp3) is 0.222. The fourth-order valence-corrected chi connectivity index (χ4v) is 5.64. The van der Waals surface area contributed by atoms with E-state index in [1.165, 1.54) is 18.0 Å². The molecule has 1 N–H and O–H groups in total. The number of carbonyl (C=O) groups is 1. The molecule has 1 heterocycles. The number of amides is 1. The Hall–Kier alpha value is -4.67. The first-order chi connectivity index (χ1) is 22.6. The number of nitrogens with zero attached hydrogens (tertiary/aromatic N) is 3. The number of anilines is 1. The van der Waals surface area contributed by atoms with Crippen molar-refractivity contribution in [3.63, 3.8) is 0 Å². The van der Waals surface area contributed by atoms with E-state index < -0.39 is 0 Å². The third-order valence-corrected chi connectivity index (χ3v) is 8.04. The monoisotopic (exact) mass is 716 g/mol. The predicted octanol–water partition coefficient (Wildman–Crippen LogP) is 8.22. The van der Waals surface area contributed by atoms with E-state index in [1.54, 1.807) is 48.5 Å². The highest BCUT2D eigenvalue weighted by molar-refractivity contribution is 9.10. The number of carbonyl (C=O) groups excluding carboxylic acids is 1. The summed E-state index contributed by atoms with van der Waals surface area (Å²) in [6, 6.07) is 21.4. The van der Waals surface area contributed by atoms with E-state index in [0.29, 0.717) is 49.8 Å². The molecule has 5 rings (SSSR count). The zero-order valence-electron chi connectivity index (χ0n) is 26.6. The van der Waals surface area contributed by atoms with Crippen molar-refractivity contribution in [3.05, 3.63) is 109 Å². The number of rotatable bonds is 11. The lowest BCUT2D eigenvalue weighted by Gasteiger charge is -2.18. The van der Waals surface area contributed by atoms with Crippen LogP contribution in [0.2, 0.25) is 5.02 Å². The Balaban J connectivity index is 1.59. The number of para-hydroxylation sites is 1. The second-order valence-corrected chi connectivity index (χ2v) is 12.3. The van der Waals surface area contributed by atoms with Crippen molar-refractivity contribution in [2.45, 2.75) is 33.6 Å². The number of hydrogen-bond acceptors (Lipinski definition) is 7. The summed E-state index contributed by atoms with van der Waals surface area (Å²) >= 11 is 9.47. The minimum atomic E-state index is -0.385. The maximum atomic E-state index is 14.0. The summed E-state index contributed by atoms with van der Waals surface area (Å²) in [6.45, 7) is 8.31. The molecular formula is C36H34BrClN4O5. The number of fused-ring (bicyclic) bond motifs is 1. The molecule has 0 spiro atoms. The Morgan fingerprint density at radius 1 is 1.06 bits per heavy atom. The predicted molar refractivity (Wildman–Crippen MR) is 191 cm³/mol. The van der Waals surface area contributed by atoms with Crippen molar-refractivity contribution in [2.24, 2.45) is 5.10 Å². The topological polar surface area (TPSA) is 104 Å². The van der Waals surface area contributed by atoms with Gasteiger partial charge in [-0.05, 0) is 91.6 Å². The summed E-state index contributed by atoms with van der Waals surface area (Å²) in [7, 11) is 1.50. The Bertz CT molecular complexity index is 2030. The molecule has 242 valence electrons. The largest absolute Gasteiger partial charge is 0.494 e. The molecule has 0 fully saturated rings. The molecule has 11 heteroatoms. The summed E-state index contributed by atoms with van der Waals surface area (Å²) in [5.74, 6) is 1.58. The Morgan fingerprint density at radius 3 is 2.51 bits per heavy atom. The van der Waals surface area contributed by atoms with Gasteiger partial charge in [-0.1, -0.05) is 53.5 Å².